The van der Waals surface area contributed by atoms with Gasteiger partial charge in [0, 0.05) is 18.5 Å². The van der Waals surface area contributed by atoms with Crippen LogP contribution in [-0.4, -0.2) is 26.4 Å². The largest absolute Gasteiger partial charge is 0.379 e. The Bertz CT molecular complexity index is 372. The Morgan fingerprint density at radius 3 is 2.71 bits per heavy atom. The van der Waals surface area contributed by atoms with Crippen molar-refractivity contribution in [2.24, 2.45) is 5.92 Å². The van der Waals surface area contributed by atoms with E-state index in [0.717, 1.165) is 39.4 Å². The third-order valence-corrected chi connectivity index (χ3v) is 3.62. The number of hydrogen-bond donors (Lipinski definition) is 1. The van der Waals surface area contributed by atoms with Crippen molar-refractivity contribution in [2.45, 2.75) is 19.0 Å². The van der Waals surface area contributed by atoms with Crippen molar-refractivity contribution in [3.63, 3.8) is 0 Å². The Balaban J connectivity index is 1.66. The maximum Gasteiger partial charge on any atom is 0.0700 e. The van der Waals surface area contributed by atoms with E-state index in [1.807, 2.05) is 0 Å². The maximum absolute atomic E-state index is 5.55. The highest BCUT2D eigenvalue weighted by atomic mass is 16.5. The van der Waals surface area contributed by atoms with E-state index in [4.69, 9.17) is 9.47 Å². The lowest BCUT2D eigenvalue weighted by Gasteiger charge is -2.19. The normalized spacial score (nSPS) is 25.5. The molecule has 2 aliphatic heterocycles. The quantitative estimate of drug-likeness (QED) is 0.846. The molecule has 1 aromatic carbocycles. The van der Waals surface area contributed by atoms with Gasteiger partial charge in [0.1, 0.15) is 0 Å². The lowest BCUT2D eigenvalue weighted by Crippen LogP contribution is -2.21. The van der Waals surface area contributed by atoms with Gasteiger partial charge in [0.05, 0.1) is 26.4 Å². The van der Waals surface area contributed by atoms with Crippen LogP contribution >= 0.6 is 0 Å². The summed E-state index contributed by atoms with van der Waals surface area (Å²) in [7, 11) is 0. The van der Waals surface area contributed by atoms with Gasteiger partial charge in [-0.1, -0.05) is 24.3 Å². The SMILES string of the molecule is c1ccc2c(c1)CNC2CC1COCCOC1. The smallest absolute Gasteiger partial charge is 0.0700 e. The molecule has 3 nitrogen and oxygen atoms in total. The Morgan fingerprint density at radius 2 is 1.88 bits per heavy atom. The molecule has 1 atom stereocenters. The summed E-state index contributed by atoms with van der Waals surface area (Å²) in [4.78, 5) is 0. The zero-order valence-corrected chi connectivity index (χ0v) is 10.0. The Labute approximate surface area is 102 Å². The predicted molar refractivity (Wildman–Crippen MR) is 65.8 cm³/mol. The summed E-state index contributed by atoms with van der Waals surface area (Å²) in [5.74, 6) is 0.515. The van der Waals surface area contributed by atoms with Crippen LogP contribution in [0, 0.1) is 5.92 Å². The van der Waals surface area contributed by atoms with E-state index in [9.17, 15) is 0 Å². The van der Waals surface area contributed by atoms with Gasteiger partial charge in [-0.25, -0.2) is 0 Å². The molecule has 2 aliphatic rings. The average molecular weight is 233 g/mol. The van der Waals surface area contributed by atoms with Crippen LogP contribution in [0.5, 0.6) is 0 Å². The van der Waals surface area contributed by atoms with Gasteiger partial charge < -0.3 is 14.8 Å². The summed E-state index contributed by atoms with van der Waals surface area (Å²) in [5.41, 5.74) is 2.89. The zero-order chi connectivity index (χ0) is 11.5. The molecule has 0 radical (unpaired) electrons. The fourth-order valence-corrected chi connectivity index (χ4v) is 2.72. The van der Waals surface area contributed by atoms with Gasteiger partial charge in [-0.3, -0.25) is 0 Å². The molecule has 3 heteroatoms. The first-order valence-corrected chi connectivity index (χ1v) is 6.40. The third kappa shape index (κ3) is 2.51. The van der Waals surface area contributed by atoms with Crippen LogP contribution in [0.3, 0.4) is 0 Å². The van der Waals surface area contributed by atoms with E-state index in [0.29, 0.717) is 12.0 Å². The van der Waals surface area contributed by atoms with Gasteiger partial charge in [-0.2, -0.15) is 0 Å². The first-order chi connectivity index (χ1) is 8.43. The molecule has 1 aromatic rings. The molecule has 2 heterocycles. The highest BCUT2D eigenvalue weighted by Crippen LogP contribution is 2.30. The van der Waals surface area contributed by atoms with Gasteiger partial charge >= 0.3 is 0 Å². The fraction of sp³-hybridized carbons (Fsp3) is 0.571. The van der Waals surface area contributed by atoms with Crippen LogP contribution in [0.4, 0.5) is 0 Å². The zero-order valence-electron chi connectivity index (χ0n) is 10.0. The molecule has 1 N–H and O–H groups in total. The molecular weight excluding hydrogens is 214 g/mol. The molecule has 1 unspecified atom stereocenters. The molecule has 0 aliphatic carbocycles. The van der Waals surface area contributed by atoms with Crippen LogP contribution in [0.2, 0.25) is 0 Å². The molecule has 0 bridgehead atoms. The maximum atomic E-state index is 5.55. The second-order valence-corrected chi connectivity index (χ2v) is 4.88. The number of ether oxygens (including phenoxy) is 2. The number of nitrogens with one attached hydrogen (secondary N) is 1. The van der Waals surface area contributed by atoms with E-state index in [1.165, 1.54) is 11.1 Å². The Hall–Kier alpha value is -0.900. The average Bonchev–Trinajstić information content (AvgIpc) is 2.59. The molecule has 0 saturated carbocycles. The van der Waals surface area contributed by atoms with Crippen molar-refractivity contribution in [3.8, 4) is 0 Å². The monoisotopic (exact) mass is 233 g/mol. The second-order valence-electron chi connectivity index (χ2n) is 4.88. The predicted octanol–water partition coefficient (Wildman–Crippen LogP) is 1.88. The minimum absolute atomic E-state index is 0.474. The first kappa shape index (κ1) is 11.2. The standard InChI is InChI=1S/C14H19NO2/c1-2-4-13-12(3-1)8-15-14(13)7-11-9-16-5-6-17-10-11/h1-4,11,14-15H,5-10H2. The van der Waals surface area contributed by atoms with E-state index in [-0.39, 0.29) is 0 Å². The summed E-state index contributed by atoms with van der Waals surface area (Å²) in [6, 6.07) is 9.15. The van der Waals surface area contributed by atoms with Crippen LogP contribution in [-0.2, 0) is 16.0 Å². The summed E-state index contributed by atoms with van der Waals surface area (Å²) in [6.07, 6.45) is 1.11. The lowest BCUT2D eigenvalue weighted by atomic mass is 9.96. The minimum Gasteiger partial charge on any atom is -0.379 e. The minimum atomic E-state index is 0.474. The van der Waals surface area contributed by atoms with Gasteiger partial charge in [0.15, 0.2) is 0 Å². The molecular formula is C14H19NO2. The van der Waals surface area contributed by atoms with Crippen molar-refractivity contribution >= 4 is 0 Å². The van der Waals surface area contributed by atoms with Crippen molar-refractivity contribution in [2.75, 3.05) is 26.4 Å². The second kappa shape index (κ2) is 5.17. The van der Waals surface area contributed by atoms with E-state index in [2.05, 4.69) is 29.6 Å². The summed E-state index contributed by atoms with van der Waals surface area (Å²) >= 11 is 0. The van der Waals surface area contributed by atoms with Crippen molar-refractivity contribution in [3.05, 3.63) is 35.4 Å². The number of hydrogen-bond acceptors (Lipinski definition) is 3. The molecule has 0 aromatic heterocycles. The van der Waals surface area contributed by atoms with E-state index < -0.39 is 0 Å². The molecule has 3 rings (SSSR count). The van der Waals surface area contributed by atoms with Crippen LogP contribution in [0.25, 0.3) is 0 Å². The first-order valence-electron chi connectivity index (χ1n) is 6.40. The van der Waals surface area contributed by atoms with Crippen molar-refractivity contribution in [1.29, 1.82) is 0 Å². The lowest BCUT2D eigenvalue weighted by molar-refractivity contribution is 0.103. The highest BCUT2D eigenvalue weighted by Gasteiger charge is 2.25. The molecule has 1 saturated heterocycles. The molecule has 0 spiro atoms. The van der Waals surface area contributed by atoms with Gasteiger partial charge in [-0.05, 0) is 17.5 Å². The Kier molecular flexibility index (Phi) is 3.41. The van der Waals surface area contributed by atoms with Gasteiger partial charge in [0.25, 0.3) is 0 Å². The fourth-order valence-electron chi connectivity index (χ4n) is 2.72. The summed E-state index contributed by atoms with van der Waals surface area (Å²) < 4.78 is 11.1. The highest BCUT2D eigenvalue weighted by molar-refractivity contribution is 5.33. The Morgan fingerprint density at radius 1 is 1.12 bits per heavy atom. The molecule has 17 heavy (non-hydrogen) atoms. The van der Waals surface area contributed by atoms with Crippen LogP contribution in [0.15, 0.2) is 24.3 Å². The van der Waals surface area contributed by atoms with Crippen LogP contribution < -0.4 is 5.32 Å². The number of benzene rings is 1. The van der Waals surface area contributed by atoms with Crippen molar-refractivity contribution < 1.29 is 9.47 Å². The van der Waals surface area contributed by atoms with E-state index >= 15 is 0 Å². The number of fused-ring (bicyclic) bond motifs is 1. The summed E-state index contributed by atoms with van der Waals surface area (Å²) in [6.45, 7) is 4.15. The van der Waals surface area contributed by atoms with Gasteiger partial charge in [-0.15, -0.1) is 0 Å². The molecule has 0 amide bonds. The van der Waals surface area contributed by atoms with Crippen LogP contribution in [0.1, 0.15) is 23.6 Å². The van der Waals surface area contributed by atoms with Gasteiger partial charge in [0.2, 0.25) is 0 Å². The third-order valence-electron chi connectivity index (χ3n) is 3.62. The van der Waals surface area contributed by atoms with Crippen molar-refractivity contribution in [1.82, 2.24) is 5.32 Å². The summed E-state index contributed by atoms with van der Waals surface area (Å²) in [5, 5.41) is 3.58. The van der Waals surface area contributed by atoms with E-state index in [1.54, 1.807) is 0 Å². The molecule has 92 valence electrons. The molecule has 1 fully saturated rings. The number of rotatable bonds is 2. The topological polar surface area (TPSA) is 30.5 Å².